The van der Waals surface area contributed by atoms with Crippen LogP contribution in [0.15, 0.2) is 48.5 Å². The maximum Gasteiger partial charge on any atom is 0.343 e. The second-order valence-electron chi connectivity index (χ2n) is 5.68. The van der Waals surface area contributed by atoms with Crippen molar-refractivity contribution in [1.82, 2.24) is 0 Å². The average Bonchev–Trinajstić information content (AvgIpc) is 2.64. The van der Waals surface area contributed by atoms with Crippen molar-refractivity contribution in [3.8, 4) is 11.5 Å². The first-order valence-corrected chi connectivity index (χ1v) is 8.09. The minimum absolute atomic E-state index is 0.0512. The lowest BCUT2D eigenvalue weighted by Gasteiger charge is -2.24. The van der Waals surface area contributed by atoms with Gasteiger partial charge in [-0.3, -0.25) is 4.79 Å². The lowest BCUT2D eigenvalue weighted by atomic mass is 10.1. The van der Waals surface area contributed by atoms with E-state index in [-0.39, 0.29) is 17.4 Å². The van der Waals surface area contributed by atoms with E-state index in [4.69, 9.17) is 19.9 Å². The number of hydrogen-bond acceptors (Lipinski definition) is 5. The molecular weight excluding hydrogens is 322 g/mol. The van der Waals surface area contributed by atoms with Crippen molar-refractivity contribution in [1.29, 1.82) is 0 Å². The summed E-state index contributed by atoms with van der Waals surface area (Å²) >= 11 is 0. The number of hydrogen-bond donors (Lipinski definition) is 1. The summed E-state index contributed by atoms with van der Waals surface area (Å²) in [6.45, 7) is 1.22. The molecule has 0 bridgehead atoms. The summed E-state index contributed by atoms with van der Waals surface area (Å²) in [5, 5.41) is 0. The molecule has 1 aliphatic rings. The first-order chi connectivity index (χ1) is 12.1. The van der Waals surface area contributed by atoms with Crippen molar-refractivity contribution in [3.05, 3.63) is 59.7 Å². The molecule has 1 amide bonds. The molecule has 25 heavy (non-hydrogen) atoms. The van der Waals surface area contributed by atoms with Gasteiger partial charge in [0.2, 0.25) is 0 Å². The molecule has 1 saturated heterocycles. The van der Waals surface area contributed by atoms with Gasteiger partial charge >= 0.3 is 5.97 Å². The second-order valence-corrected chi connectivity index (χ2v) is 5.68. The van der Waals surface area contributed by atoms with Crippen LogP contribution in [0, 0.1) is 0 Å². The molecular formula is C19H19NO5. The highest BCUT2D eigenvalue weighted by atomic mass is 16.6. The Bertz CT molecular complexity index is 754. The van der Waals surface area contributed by atoms with Gasteiger partial charge in [0.05, 0.1) is 24.3 Å². The number of para-hydroxylation sites is 1. The summed E-state index contributed by atoms with van der Waals surface area (Å²) in [6.07, 6.45) is 1.39. The SMILES string of the molecule is NC(=O)c1cccc(OC2CCOCC2)c1OC(=O)c1ccccc1. The first-order valence-electron chi connectivity index (χ1n) is 8.09. The van der Waals surface area contributed by atoms with E-state index < -0.39 is 11.9 Å². The topological polar surface area (TPSA) is 87.9 Å². The van der Waals surface area contributed by atoms with Crippen LogP contribution < -0.4 is 15.2 Å². The molecule has 1 heterocycles. The Hall–Kier alpha value is -2.86. The zero-order chi connectivity index (χ0) is 17.6. The number of rotatable bonds is 5. The molecule has 2 aromatic rings. The Morgan fingerprint density at radius 1 is 1.00 bits per heavy atom. The minimum Gasteiger partial charge on any atom is -0.486 e. The van der Waals surface area contributed by atoms with Gasteiger partial charge in [-0.05, 0) is 24.3 Å². The number of carbonyl (C=O) groups is 2. The molecule has 0 unspecified atom stereocenters. The van der Waals surface area contributed by atoms with Gasteiger partial charge in [-0.2, -0.15) is 0 Å². The van der Waals surface area contributed by atoms with E-state index in [1.165, 1.54) is 6.07 Å². The third kappa shape index (κ3) is 4.16. The molecule has 0 atom stereocenters. The third-order valence-corrected chi connectivity index (χ3v) is 3.91. The van der Waals surface area contributed by atoms with Crippen LogP contribution >= 0.6 is 0 Å². The molecule has 130 valence electrons. The molecule has 2 aromatic carbocycles. The Morgan fingerprint density at radius 3 is 2.40 bits per heavy atom. The highest BCUT2D eigenvalue weighted by Crippen LogP contribution is 2.33. The van der Waals surface area contributed by atoms with E-state index in [2.05, 4.69) is 0 Å². The quantitative estimate of drug-likeness (QED) is 0.667. The number of nitrogens with two attached hydrogens (primary N) is 1. The van der Waals surface area contributed by atoms with Gasteiger partial charge < -0.3 is 19.9 Å². The van der Waals surface area contributed by atoms with E-state index in [0.29, 0.717) is 24.5 Å². The fourth-order valence-electron chi connectivity index (χ4n) is 2.61. The summed E-state index contributed by atoms with van der Waals surface area (Å²) in [5.41, 5.74) is 5.90. The minimum atomic E-state index is -0.687. The summed E-state index contributed by atoms with van der Waals surface area (Å²) in [5.74, 6) is -0.887. The molecule has 6 heteroatoms. The van der Waals surface area contributed by atoms with Gasteiger partial charge in [0, 0.05) is 12.8 Å². The van der Waals surface area contributed by atoms with Crippen LogP contribution in [0.2, 0.25) is 0 Å². The Labute approximate surface area is 145 Å². The van der Waals surface area contributed by atoms with E-state index in [1.54, 1.807) is 42.5 Å². The van der Waals surface area contributed by atoms with E-state index in [9.17, 15) is 9.59 Å². The van der Waals surface area contributed by atoms with Gasteiger partial charge in [0.25, 0.3) is 5.91 Å². The zero-order valence-corrected chi connectivity index (χ0v) is 13.6. The van der Waals surface area contributed by atoms with Crippen molar-refractivity contribution in [2.45, 2.75) is 18.9 Å². The standard InChI is InChI=1S/C19H19NO5/c20-18(21)15-7-4-8-16(24-14-9-11-23-12-10-14)17(15)25-19(22)13-5-2-1-3-6-13/h1-8,14H,9-12H2,(H2,20,21). The van der Waals surface area contributed by atoms with E-state index in [1.807, 2.05) is 0 Å². The first kappa shape index (κ1) is 17.0. The number of ether oxygens (including phenoxy) is 3. The van der Waals surface area contributed by atoms with Gasteiger partial charge in [-0.1, -0.05) is 24.3 Å². The largest absolute Gasteiger partial charge is 0.486 e. The number of carbonyl (C=O) groups excluding carboxylic acids is 2. The summed E-state index contributed by atoms with van der Waals surface area (Å²) < 4.78 is 16.7. The fraction of sp³-hybridized carbons (Fsp3) is 0.263. The molecule has 6 nitrogen and oxygen atoms in total. The predicted molar refractivity (Wildman–Crippen MR) is 90.8 cm³/mol. The van der Waals surface area contributed by atoms with Gasteiger partial charge in [-0.25, -0.2) is 4.79 Å². The van der Waals surface area contributed by atoms with E-state index >= 15 is 0 Å². The van der Waals surface area contributed by atoms with Crippen molar-refractivity contribution < 1.29 is 23.8 Å². The molecule has 1 fully saturated rings. The van der Waals surface area contributed by atoms with Crippen LogP contribution in [0.1, 0.15) is 33.6 Å². The Balaban J connectivity index is 1.88. The maximum absolute atomic E-state index is 12.4. The molecule has 0 aromatic heterocycles. The molecule has 0 radical (unpaired) electrons. The van der Waals surface area contributed by atoms with Crippen LogP contribution in [-0.2, 0) is 4.74 Å². The molecule has 0 spiro atoms. The van der Waals surface area contributed by atoms with Crippen LogP contribution in [0.3, 0.4) is 0 Å². The van der Waals surface area contributed by atoms with Crippen LogP contribution in [0.4, 0.5) is 0 Å². The van der Waals surface area contributed by atoms with Crippen molar-refractivity contribution in [2.24, 2.45) is 5.73 Å². The van der Waals surface area contributed by atoms with E-state index in [0.717, 1.165) is 12.8 Å². The zero-order valence-electron chi connectivity index (χ0n) is 13.6. The second kappa shape index (κ2) is 7.81. The number of esters is 1. The smallest absolute Gasteiger partial charge is 0.343 e. The number of primary amides is 1. The number of benzene rings is 2. The van der Waals surface area contributed by atoms with Gasteiger partial charge in [0.15, 0.2) is 11.5 Å². The highest BCUT2D eigenvalue weighted by molar-refractivity contribution is 5.99. The lowest BCUT2D eigenvalue weighted by molar-refractivity contribution is 0.0240. The highest BCUT2D eigenvalue weighted by Gasteiger charge is 2.23. The molecule has 3 rings (SSSR count). The monoisotopic (exact) mass is 341 g/mol. The molecule has 1 aliphatic heterocycles. The van der Waals surface area contributed by atoms with Crippen molar-refractivity contribution in [3.63, 3.8) is 0 Å². The summed E-state index contributed by atoms with van der Waals surface area (Å²) in [4.78, 5) is 24.1. The number of amides is 1. The van der Waals surface area contributed by atoms with Crippen molar-refractivity contribution in [2.75, 3.05) is 13.2 Å². The normalized spacial score (nSPS) is 14.7. The van der Waals surface area contributed by atoms with Gasteiger partial charge in [-0.15, -0.1) is 0 Å². The molecule has 2 N–H and O–H groups in total. The van der Waals surface area contributed by atoms with Crippen LogP contribution in [0.5, 0.6) is 11.5 Å². The van der Waals surface area contributed by atoms with Crippen molar-refractivity contribution >= 4 is 11.9 Å². The van der Waals surface area contributed by atoms with Crippen LogP contribution in [-0.4, -0.2) is 31.2 Å². The third-order valence-electron chi connectivity index (χ3n) is 3.91. The predicted octanol–water partition coefficient (Wildman–Crippen LogP) is 2.56. The maximum atomic E-state index is 12.4. The Morgan fingerprint density at radius 2 is 1.72 bits per heavy atom. The lowest BCUT2D eigenvalue weighted by Crippen LogP contribution is -2.26. The average molecular weight is 341 g/mol. The molecule has 0 saturated carbocycles. The Kier molecular flexibility index (Phi) is 5.30. The van der Waals surface area contributed by atoms with Gasteiger partial charge in [0.1, 0.15) is 6.10 Å². The molecule has 0 aliphatic carbocycles. The summed E-state index contributed by atoms with van der Waals surface area (Å²) in [6, 6.07) is 13.3. The summed E-state index contributed by atoms with van der Waals surface area (Å²) in [7, 11) is 0. The van der Waals surface area contributed by atoms with Crippen LogP contribution in [0.25, 0.3) is 0 Å². The fourth-order valence-corrected chi connectivity index (χ4v) is 2.61.